The van der Waals surface area contributed by atoms with E-state index in [2.05, 4.69) is 5.32 Å². The Morgan fingerprint density at radius 3 is 2.86 bits per heavy atom. The van der Waals surface area contributed by atoms with Crippen molar-refractivity contribution in [1.82, 2.24) is 10.2 Å². The number of hydrogen-bond donors (Lipinski definition) is 1. The lowest BCUT2D eigenvalue weighted by Gasteiger charge is -2.32. The first-order valence-electron chi connectivity index (χ1n) is 7.15. The van der Waals surface area contributed by atoms with Crippen molar-refractivity contribution < 1.29 is 22.4 Å². The van der Waals surface area contributed by atoms with Gasteiger partial charge >= 0.3 is 0 Å². The summed E-state index contributed by atoms with van der Waals surface area (Å²) in [5.41, 5.74) is 0. The molecule has 8 heteroatoms. The fraction of sp³-hybridized carbons (Fsp3) is 0.571. The molecule has 2 heterocycles. The molecule has 2 rings (SSSR count). The van der Waals surface area contributed by atoms with E-state index in [4.69, 9.17) is 4.42 Å². The van der Waals surface area contributed by atoms with E-state index in [0.29, 0.717) is 13.1 Å². The molecule has 1 aromatic heterocycles. The molecule has 1 N–H and O–H groups in total. The van der Waals surface area contributed by atoms with Crippen LogP contribution in [0.15, 0.2) is 22.8 Å². The van der Waals surface area contributed by atoms with Gasteiger partial charge in [-0.3, -0.25) is 9.59 Å². The van der Waals surface area contributed by atoms with Gasteiger partial charge in [-0.05, 0) is 25.0 Å². The molecule has 22 heavy (non-hydrogen) atoms. The highest BCUT2D eigenvalue weighted by Crippen LogP contribution is 2.14. The van der Waals surface area contributed by atoms with Crippen LogP contribution >= 0.6 is 0 Å². The lowest BCUT2D eigenvalue weighted by Crippen LogP contribution is -2.49. The van der Waals surface area contributed by atoms with Crippen molar-refractivity contribution in [2.45, 2.75) is 25.3 Å². The Labute approximate surface area is 129 Å². The van der Waals surface area contributed by atoms with Gasteiger partial charge in [-0.15, -0.1) is 0 Å². The predicted octanol–water partition coefficient (Wildman–Crippen LogP) is 0.435. The van der Waals surface area contributed by atoms with Crippen LogP contribution in [-0.2, 0) is 14.6 Å². The summed E-state index contributed by atoms with van der Waals surface area (Å²) in [4.78, 5) is 25.6. The Morgan fingerprint density at radius 2 is 2.23 bits per heavy atom. The predicted molar refractivity (Wildman–Crippen MR) is 80.1 cm³/mol. The van der Waals surface area contributed by atoms with E-state index < -0.39 is 9.84 Å². The van der Waals surface area contributed by atoms with Gasteiger partial charge in [0.05, 0.1) is 12.0 Å². The molecule has 1 aromatic rings. The number of nitrogens with one attached hydrogen (secondary N) is 1. The van der Waals surface area contributed by atoms with Crippen LogP contribution in [-0.4, -0.2) is 56.3 Å². The second kappa shape index (κ2) is 6.95. The number of sulfone groups is 1. The second-order valence-electron chi connectivity index (χ2n) is 5.52. The van der Waals surface area contributed by atoms with Gasteiger partial charge in [-0.25, -0.2) is 8.42 Å². The number of likely N-dealkylation sites (tertiary alicyclic amines) is 1. The van der Waals surface area contributed by atoms with Crippen molar-refractivity contribution in [3.05, 3.63) is 24.2 Å². The maximum atomic E-state index is 12.2. The summed E-state index contributed by atoms with van der Waals surface area (Å²) >= 11 is 0. The first-order chi connectivity index (χ1) is 10.3. The molecule has 1 aliphatic rings. The Morgan fingerprint density at radius 1 is 1.45 bits per heavy atom. The summed E-state index contributed by atoms with van der Waals surface area (Å²) < 4.78 is 27.2. The van der Waals surface area contributed by atoms with Gasteiger partial charge in [-0.2, -0.15) is 0 Å². The monoisotopic (exact) mass is 328 g/mol. The quantitative estimate of drug-likeness (QED) is 0.846. The average Bonchev–Trinajstić information content (AvgIpc) is 2.98. The summed E-state index contributed by atoms with van der Waals surface area (Å²) in [6.07, 6.45) is 4.05. The summed E-state index contributed by atoms with van der Waals surface area (Å²) in [6.45, 7) is 1.03. The van der Waals surface area contributed by atoms with Gasteiger partial charge in [0.2, 0.25) is 5.91 Å². The Balaban J connectivity index is 1.85. The number of nitrogens with zero attached hydrogens (tertiary/aromatic N) is 1. The van der Waals surface area contributed by atoms with E-state index in [1.165, 1.54) is 6.26 Å². The minimum Gasteiger partial charge on any atom is -0.459 e. The van der Waals surface area contributed by atoms with E-state index in [9.17, 15) is 18.0 Å². The summed E-state index contributed by atoms with van der Waals surface area (Å²) in [7, 11) is -3.15. The molecule has 1 saturated heterocycles. The first kappa shape index (κ1) is 16.5. The lowest BCUT2D eigenvalue weighted by atomic mass is 10.1. The van der Waals surface area contributed by atoms with Crippen LogP contribution in [0, 0.1) is 0 Å². The van der Waals surface area contributed by atoms with Crippen LogP contribution in [0.2, 0.25) is 0 Å². The van der Waals surface area contributed by atoms with Gasteiger partial charge in [0.1, 0.15) is 9.84 Å². The van der Waals surface area contributed by atoms with Crippen LogP contribution in [0.1, 0.15) is 29.8 Å². The van der Waals surface area contributed by atoms with Crippen molar-refractivity contribution in [2.75, 3.05) is 25.1 Å². The molecule has 1 aliphatic heterocycles. The number of carbonyl (C=O) groups is 2. The third kappa shape index (κ3) is 4.87. The van der Waals surface area contributed by atoms with E-state index >= 15 is 0 Å². The molecule has 1 unspecified atom stereocenters. The molecule has 7 nitrogen and oxygen atoms in total. The Kier molecular flexibility index (Phi) is 5.23. The number of furan rings is 1. The molecule has 122 valence electrons. The SMILES string of the molecule is CS(=O)(=O)CCC(=O)NC1CCCN(C(=O)c2ccco2)C1. The molecule has 0 bridgehead atoms. The zero-order valence-electron chi connectivity index (χ0n) is 12.4. The van der Waals surface area contributed by atoms with Crippen LogP contribution in [0.5, 0.6) is 0 Å². The summed E-state index contributed by atoms with van der Waals surface area (Å²) in [5, 5.41) is 2.79. The molecule has 0 radical (unpaired) electrons. The van der Waals surface area contributed by atoms with E-state index in [1.807, 2.05) is 0 Å². The summed E-state index contributed by atoms with van der Waals surface area (Å²) in [6, 6.07) is 3.11. The fourth-order valence-corrected chi connectivity index (χ4v) is 2.97. The molecular formula is C14H20N2O5S. The maximum Gasteiger partial charge on any atom is 0.289 e. The Hall–Kier alpha value is -1.83. The smallest absolute Gasteiger partial charge is 0.289 e. The standard InChI is InChI=1S/C14H20N2O5S/c1-22(19,20)9-6-13(17)15-11-4-2-7-16(10-11)14(18)12-5-3-8-21-12/h3,5,8,11H,2,4,6-7,9-10H2,1H3,(H,15,17). The van der Waals surface area contributed by atoms with E-state index in [-0.39, 0.29) is 35.8 Å². The van der Waals surface area contributed by atoms with Crippen molar-refractivity contribution in [1.29, 1.82) is 0 Å². The zero-order chi connectivity index (χ0) is 16.2. The first-order valence-corrected chi connectivity index (χ1v) is 9.21. The largest absolute Gasteiger partial charge is 0.459 e. The number of hydrogen-bond acceptors (Lipinski definition) is 5. The van der Waals surface area contributed by atoms with Crippen molar-refractivity contribution in [2.24, 2.45) is 0 Å². The number of amides is 2. The topological polar surface area (TPSA) is 96.7 Å². The molecule has 0 aliphatic carbocycles. The Bertz CT molecular complexity index is 624. The highest BCUT2D eigenvalue weighted by molar-refractivity contribution is 7.90. The van der Waals surface area contributed by atoms with Gasteiger partial charge in [0, 0.05) is 31.8 Å². The second-order valence-corrected chi connectivity index (χ2v) is 7.77. The normalized spacial score (nSPS) is 19.0. The maximum absolute atomic E-state index is 12.2. The highest BCUT2D eigenvalue weighted by Gasteiger charge is 2.26. The average molecular weight is 328 g/mol. The van der Waals surface area contributed by atoms with Gasteiger partial charge < -0.3 is 14.6 Å². The van der Waals surface area contributed by atoms with Crippen molar-refractivity contribution in [3.63, 3.8) is 0 Å². The molecule has 1 atom stereocenters. The number of piperidine rings is 1. The van der Waals surface area contributed by atoms with Gasteiger partial charge in [-0.1, -0.05) is 0 Å². The third-order valence-electron chi connectivity index (χ3n) is 3.51. The van der Waals surface area contributed by atoms with E-state index in [0.717, 1.165) is 19.1 Å². The summed E-state index contributed by atoms with van der Waals surface area (Å²) in [5.74, 6) is -0.382. The molecule has 0 spiro atoms. The van der Waals surface area contributed by atoms with E-state index in [1.54, 1.807) is 17.0 Å². The fourth-order valence-electron chi connectivity index (χ4n) is 2.41. The van der Waals surface area contributed by atoms with Gasteiger partial charge in [0.15, 0.2) is 5.76 Å². The number of rotatable bonds is 5. The number of carbonyl (C=O) groups excluding carboxylic acids is 2. The molecule has 0 saturated carbocycles. The van der Waals surface area contributed by atoms with Crippen LogP contribution in [0.25, 0.3) is 0 Å². The molecule has 1 fully saturated rings. The van der Waals surface area contributed by atoms with Crippen molar-refractivity contribution in [3.8, 4) is 0 Å². The zero-order valence-corrected chi connectivity index (χ0v) is 13.3. The highest BCUT2D eigenvalue weighted by atomic mass is 32.2. The molecular weight excluding hydrogens is 308 g/mol. The molecule has 2 amide bonds. The minimum absolute atomic E-state index is 0.0541. The van der Waals surface area contributed by atoms with Crippen LogP contribution in [0.3, 0.4) is 0 Å². The lowest BCUT2D eigenvalue weighted by molar-refractivity contribution is -0.121. The van der Waals surface area contributed by atoms with Crippen LogP contribution in [0.4, 0.5) is 0 Å². The molecule has 0 aromatic carbocycles. The minimum atomic E-state index is -3.15. The van der Waals surface area contributed by atoms with Crippen LogP contribution < -0.4 is 5.32 Å². The van der Waals surface area contributed by atoms with Gasteiger partial charge in [0.25, 0.3) is 5.91 Å². The third-order valence-corrected chi connectivity index (χ3v) is 4.45. The van der Waals surface area contributed by atoms with Crippen molar-refractivity contribution >= 4 is 21.7 Å².